The first-order valence-corrected chi connectivity index (χ1v) is 10.7. The fourth-order valence-corrected chi connectivity index (χ4v) is 3.16. The summed E-state index contributed by atoms with van der Waals surface area (Å²) in [5.41, 5.74) is 5.30. The zero-order chi connectivity index (χ0) is 24.5. The molecule has 2 N–H and O–H groups in total. The maximum atomic E-state index is 13.8. The number of methoxy groups -OCH3 is 1. The molecular formula is C26H26FN3O4. The van der Waals surface area contributed by atoms with Gasteiger partial charge in [0.05, 0.1) is 12.8 Å². The Hall–Kier alpha value is -4.20. The molecule has 7 nitrogen and oxygen atoms in total. The van der Waals surface area contributed by atoms with Gasteiger partial charge in [0.1, 0.15) is 12.4 Å². The van der Waals surface area contributed by atoms with Crippen molar-refractivity contribution in [2.45, 2.75) is 26.9 Å². The van der Waals surface area contributed by atoms with Crippen LogP contribution >= 0.6 is 0 Å². The van der Waals surface area contributed by atoms with E-state index in [1.54, 1.807) is 55.5 Å². The Labute approximate surface area is 197 Å². The summed E-state index contributed by atoms with van der Waals surface area (Å²) >= 11 is 0. The van der Waals surface area contributed by atoms with Crippen molar-refractivity contribution in [3.05, 3.63) is 89.2 Å². The number of hydrogen-bond donors (Lipinski definition) is 2. The molecule has 0 aliphatic heterocycles. The molecule has 0 heterocycles. The molecule has 0 saturated heterocycles. The third kappa shape index (κ3) is 6.19. The Balaban J connectivity index is 1.64. The summed E-state index contributed by atoms with van der Waals surface area (Å²) in [5, 5.41) is 6.62. The molecule has 3 aromatic carbocycles. The number of hydrazone groups is 1. The van der Waals surface area contributed by atoms with E-state index in [4.69, 9.17) is 9.47 Å². The molecule has 0 aromatic heterocycles. The number of nitrogens with zero attached hydrogens (tertiary/aromatic N) is 1. The van der Waals surface area contributed by atoms with Crippen molar-refractivity contribution in [3.63, 3.8) is 0 Å². The summed E-state index contributed by atoms with van der Waals surface area (Å²) in [4.78, 5) is 24.4. The van der Waals surface area contributed by atoms with Crippen molar-refractivity contribution in [1.82, 2.24) is 5.43 Å². The summed E-state index contributed by atoms with van der Waals surface area (Å²) in [6.07, 6.45) is 0.719. The van der Waals surface area contributed by atoms with Gasteiger partial charge in [-0.2, -0.15) is 5.10 Å². The minimum Gasteiger partial charge on any atom is -0.493 e. The number of halogens is 1. The van der Waals surface area contributed by atoms with Gasteiger partial charge in [0, 0.05) is 16.8 Å². The van der Waals surface area contributed by atoms with Crippen LogP contribution in [-0.2, 0) is 22.6 Å². The van der Waals surface area contributed by atoms with Gasteiger partial charge in [-0.3, -0.25) is 9.59 Å². The molecule has 0 radical (unpaired) electrons. The Morgan fingerprint density at radius 1 is 0.941 bits per heavy atom. The second-order valence-corrected chi connectivity index (χ2v) is 7.35. The number of ether oxygens (including phenoxy) is 2. The minimum absolute atomic E-state index is 0.0434. The maximum Gasteiger partial charge on any atom is 0.329 e. The first kappa shape index (κ1) is 24.4. The van der Waals surface area contributed by atoms with Crippen LogP contribution < -0.4 is 20.2 Å². The predicted octanol–water partition coefficient (Wildman–Crippen LogP) is 4.45. The average molecular weight is 464 g/mol. The summed E-state index contributed by atoms with van der Waals surface area (Å²) in [6, 6.07) is 18.7. The van der Waals surface area contributed by atoms with Gasteiger partial charge in [-0.1, -0.05) is 43.3 Å². The SMILES string of the molecule is CCc1ccccc1NC(=O)C(=O)N/N=C(\C)c1ccc(OCc2ccccc2F)c(OC)c1. The van der Waals surface area contributed by atoms with E-state index < -0.39 is 11.8 Å². The van der Waals surface area contributed by atoms with Crippen molar-refractivity contribution in [2.75, 3.05) is 12.4 Å². The van der Waals surface area contributed by atoms with Crippen LogP contribution in [0.15, 0.2) is 71.8 Å². The van der Waals surface area contributed by atoms with E-state index in [0.717, 1.165) is 12.0 Å². The van der Waals surface area contributed by atoms with Gasteiger partial charge >= 0.3 is 11.8 Å². The van der Waals surface area contributed by atoms with Crippen LogP contribution in [0.3, 0.4) is 0 Å². The highest BCUT2D eigenvalue weighted by Gasteiger charge is 2.15. The lowest BCUT2D eigenvalue weighted by atomic mass is 10.1. The zero-order valence-corrected chi connectivity index (χ0v) is 19.2. The van der Waals surface area contributed by atoms with Gasteiger partial charge in [-0.15, -0.1) is 0 Å². The zero-order valence-electron chi connectivity index (χ0n) is 19.2. The molecular weight excluding hydrogens is 437 g/mol. The van der Waals surface area contributed by atoms with E-state index in [9.17, 15) is 14.0 Å². The lowest BCUT2D eigenvalue weighted by molar-refractivity contribution is -0.136. The van der Waals surface area contributed by atoms with Crippen LogP contribution in [0.4, 0.5) is 10.1 Å². The van der Waals surface area contributed by atoms with Crippen molar-refractivity contribution in [3.8, 4) is 11.5 Å². The standard InChI is InChI=1S/C26H26FN3O4/c1-4-18-9-6-8-12-22(18)28-25(31)26(32)30-29-17(2)19-13-14-23(24(15-19)33-3)34-16-20-10-5-7-11-21(20)27/h5-15H,4,16H2,1-3H3,(H,28,31)(H,30,32)/b29-17+. The Bertz CT molecular complexity index is 1210. The minimum atomic E-state index is -0.887. The van der Waals surface area contributed by atoms with E-state index in [1.165, 1.54) is 13.2 Å². The molecule has 0 spiro atoms. The second-order valence-electron chi connectivity index (χ2n) is 7.35. The molecule has 0 unspecified atom stereocenters. The molecule has 3 aromatic rings. The monoisotopic (exact) mass is 463 g/mol. The molecule has 8 heteroatoms. The fourth-order valence-electron chi connectivity index (χ4n) is 3.16. The van der Waals surface area contributed by atoms with Crippen molar-refractivity contribution >= 4 is 23.2 Å². The Kier molecular flexibility index (Phi) is 8.34. The normalized spacial score (nSPS) is 11.0. The number of nitrogens with one attached hydrogen (secondary N) is 2. The van der Waals surface area contributed by atoms with Crippen molar-refractivity contribution in [1.29, 1.82) is 0 Å². The topological polar surface area (TPSA) is 89.0 Å². The summed E-state index contributed by atoms with van der Waals surface area (Å²) in [6.45, 7) is 3.68. The molecule has 0 aliphatic rings. The van der Waals surface area contributed by atoms with Crippen LogP contribution in [0.1, 0.15) is 30.5 Å². The van der Waals surface area contributed by atoms with Crippen molar-refractivity contribution in [2.24, 2.45) is 5.10 Å². The summed E-state index contributed by atoms with van der Waals surface area (Å²) in [7, 11) is 1.49. The predicted molar refractivity (Wildman–Crippen MR) is 129 cm³/mol. The summed E-state index contributed by atoms with van der Waals surface area (Å²) < 4.78 is 24.9. The summed E-state index contributed by atoms with van der Waals surface area (Å²) in [5.74, 6) is -1.20. The number of aryl methyl sites for hydroxylation is 1. The van der Waals surface area contributed by atoms with Crippen LogP contribution in [-0.4, -0.2) is 24.6 Å². The number of para-hydroxylation sites is 1. The molecule has 3 rings (SSSR count). The number of anilines is 1. The average Bonchev–Trinajstić information content (AvgIpc) is 2.86. The Morgan fingerprint density at radius 3 is 2.35 bits per heavy atom. The van der Waals surface area contributed by atoms with Crippen LogP contribution in [0.25, 0.3) is 0 Å². The molecule has 0 bridgehead atoms. The number of hydrogen-bond acceptors (Lipinski definition) is 5. The van der Waals surface area contributed by atoms with Gasteiger partial charge in [0.2, 0.25) is 0 Å². The number of carbonyl (C=O) groups is 2. The molecule has 0 atom stereocenters. The molecule has 0 aliphatic carbocycles. The lowest BCUT2D eigenvalue weighted by Gasteiger charge is -2.13. The smallest absolute Gasteiger partial charge is 0.329 e. The maximum absolute atomic E-state index is 13.8. The van der Waals surface area contributed by atoms with Crippen molar-refractivity contribution < 1.29 is 23.5 Å². The molecule has 0 fully saturated rings. The van der Waals surface area contributed by atoms with E-state index in [2.05, 4.69) is 15.8 Å². The Morgan fingerprint density at radius 2 is 1.65 bits per heavy atom. The van der Waals surface area contributed by atoms with E-state index in [1.807, 2.05) is 19.1 Å². The van der Waals surface area contributed by atoms with E-state index in [-0.39, 0.29) is 12.4 Å². The van der Waals surface area contributed by atoms with Gasteiger partial charge in [-0.05, 0) is 49.2 Å². The lowest BCUT2D eigenvalue weighted by Crippen LogP contribution is -2.33. The number of rotatable bonds is 8. The van der Waals surface area contributed by atoms with E-state index in [0.29, 0.717) is 34.0 Å². The first-order chi connectivity index (χ1) is 16.4. The van der Waals surface area contributed by atoms with Gasteiger partial charge in [0.15, 0.2) is 11.5 Å². The highest BCUT2D eigenvalue weighted by molar-refractivity contribution is 6.39. The van der Waals surface area contributed by atoms with Gasteiger partial charge in [0.25, 0.3) is 0 Å². The second kappa shape index (κ2) is 11.6. The molecule has 0 saturated carbocycles. The number of amides is 2. The van der Waals surface area contributed by atoms with Crippen LogP contribution in [0, 0.1) is 5.82 Å². The third-order valence-electron chi connectivity index (χ3n) is 5.10. The van der Waals surface area contributed by atoms with Gasteiger partial charge in [-0.25, -0.2) is 9.82 Å². The first-order valence-electron chi connectivity index (χ1n) is 10.7. The molecule has 34 heavy (non-hydrogen) atoms. The largest absolute Gasteiger partial charge is 0.493 e. The molecule has 176 valence electrons. The third-order valence-corrected chi connectivity index (χ3v) is 5.10. The number of benzene rings is 3. The fraction of sp³-hybridized carbons (Fsp3) is 0.192. The quantitative estimate of drug-likeness (QED) is 0.293. The van der Waals surface area contributed by atoms with Crippen LogP contribution in [0.5, 0.6) is 11.5 Å². The molecule has 2 amide bonds. The number of carbonyl (C=O) groups excluding carboxylic acids is 2. The van der Waals surface area contributed by atoms with E-state index >= 15 is 0 Å². The highest BCUT2D eigenvalue weighted by Crippen LogP contribution is 2.29. The highest BCUT2D eigenvalue weighted by atomic mass is 19.1. The van der Waals surface area contributed by atoms with Gasteiger partial charge < -0.3 is 14.8 Å². The van der Waals surface area contributed by atoms with Crippen LogP contribution in [0.2, 0.25) is 0 Å².